The topological polar surface area (TPSA) is 20.3 Å². The maximum absolute atomic E-state index is 12.2. The highest BCUT2D eigenvalue weighted by atomic mass is 79.9. The molecule has 3 heteroatoms. The van der Waals surface area contributed by atoms with Gasteiger partial charge in [0.05, 0.1) is 6.54 Å². The van der Waals surface area contributed by atoms with Crippen LogP contribution in [0.2, 0.25) is 0 Å². The van der Waals surface area contributed by atoms with E-state index in [1.54, 1.807) is 0 Å². The lowest BCUT2D eigenvalue weighted by molar-refractivity contribution is 0.0958. The number of ketones is 1. The summed E-state index contributed by atoms with van der Waals surface area (Å²) >= 11 is 3.63. The number of Topliss-reactive ketones (excluding diaryl/α,β-unsaturated/α-hetero) is 1. The zero-order chi connectivity index (χ0) is 15.0. The largest absolute Gasteiger partial charge is 0.302 e. The molecule has 21 heavy (non-hydrogen) atoms. The van der Waals surface area contributed by atoms with Crippen LogP contribution < -0.4 is 0 Å². The Kier molecular flexibility index (Phi) is 3.79. The molecule has 0 aromatic heterocycles. The highest BCUT2D eigenvalue weighted by Crippen LogP contribution is 2.32. The molecule has 0 spiro atoms. The second kappa shape index (κ2) is 5.58. The van der Waals surface area contributed by atoms with Crippen molar-refractivity contribution >= 4 is 43.3 Å². The number of rotatable bonds is 3. The maximum atomic E-state index is 12.2. The molecule has 3 aromatic carbocycles. The highest BCUT2D eigenvalue weighted by molar-refractivity contribution is 9.10. The van der Waals surface area contributed by atoms with E-state index in [0.717, 1.165) is 15.4 Å². The Morgan fingerprint density at radius 2 is 1.76 bits per heavy atom. The van der Waals surface area contributed by atoms with Gasteiger partial charge in [-0.05, 0) is 47.8 Å². The molecule has 2 nitrogen and oxygen atoms in total. The van der Waals surface area contributed by atoms with E-state index in [0.29, 0.717) is 6.54 Å². The number of hydrogen-bond donors (Lipinski definition) is 0. The van der Waals surface area contributed by atoms with E-state index in [-0.39, 0.29) is 5.78 Å². The molecule has 0 N–H and O–H groups in total. The Morgan fingerprint density at radius 3 is 2.52 bits per heavy atom. The smallest absolute Gasteiger partial charge is 0.176 e. The fraction of sp³-hybridized carbons (Fsp3) is 0.167. The van der Waals surface area contributed by atoms with Crippen molar-refractivity contribution in [2.75, 3.05) is 20.6 Å². The van der Waals surface area contributed by atoms with Crippen LogP contribution in [0.3, 0.4) is 0 Å². The van der Waals surface area contributed by atoms with Crippen LogP contribution in [0.4, 0.5) is 0 Å². The predicted octanol–water partition coefficient (Wildman–Crippen LogP) is 4.50. The third-order valence-electron chi connectivity index (χ3n) is 3.59. The normalized spacial score (nSPS) is 11.4. The van der Waals surface area contributed by atoms with E-state index < -0.39 is 0 Å². The molecule has 0 amide bonds. The molecule has 0 fully saturated rings. The number of carbonyl (C=O) groups is 1. The van der Waals surface area contributed by atoms with E-state index in [9.17, 15) is 4.79 Å². The first-order valence-corrected chi connectivity index (χ1v) is 7.64. The first-order chi connectivity index (χ1) is 10.1. The monoisotopic (exact) mass is 341 g/mol. The third kappa shape index (κ3) is 2.71. The van der Waals surface area contributed by atoms with Crippen LogP contribution in [0.25, 0.3) is 21.5 Å². The number of halogens is 1. The second-order valence-electron chi connectivity index (χ2n) is 5.50. The van der Waals surface area contributed by atoms with E-state index >= 15 is 0 Å². The summed E-state index contributed by atoms with van der Waals surface area (Å²) in [4.78, 5) is 14.1. The fourth-order valence-electron chi connectivity index (χ4n) is 2.61. The predicted molar refractivity (Wildman–Crippen MR) is 92.0 cm³/mol. The van der Waals surface area contributed by atoms with E-state index in [4.69, 9.17) is 0 Å². The average Bonchev–Trinajstić information content (AvgIpc) is 2.46. The van der Waals surface area contributed by atoms with Crippen molar-refractivity contribution in [3.63, 3.8) is 0 Å². The van der Waals surface area contributed by atoms with Gasteiger partial charge in [0.2, 0.25) is 0 Å². The number of carbonyl (C=O) groups excluding carboxylic acids is 1. The van der Waals surface area contributed by atoms with Gasteiger partial charge in [0.15, 0.2) is 5.78 Å². The van der Waals surface area contributed by atoms with Gasteiger partial charge < -0.3 is 4.90 Å². The molecular weight excluding hydrogens is 326 g/mol. The van der Waals surface area contributed by atoms with E-state index in [1.807, 2.05) is 49.3 Å². The third-order valence-corrected chi connectivity index (χ3v) is 4.25. The molecule has 0 radical (unpaired) electrons. The molecule has 106 valence electrons. The minimum absolute atomic E-state index is 0.141. The molecule has 0 aliphatic carbocycles. The van der Waals surface area contributed by atoms with Crippen LogP contribution in [-0.4, -0.2) is 31.3 Å². The molecule has 0 unspecified atom stereocenters. The van der Waals surface area contributed by atoms with Gasteiger partial charge in [-0.1, -0.05) is 52.3 Å². The molecule has 0 saturated carbocycles. The van der Waals surface area contributed by atoms with E-state index in [1.165, 1.54) is 16.2 Å². The second-order valence-corrected chi connectivity index (χ2v) is 6.36. The van der Waals surface area contributed by atoms with Crippen molar-refractivity contribution in [2.24, 2.45) is 0 Å². The van der Waals surface area contributed by atoms with Crippen molar-refractivity contribution < 1.29 is 4.79 Å². The Bertz CT molecular complexity index is 839. The van der Waals surface area contributed by atoms with Crippen molar-refractivity contribution in [1.29, 1.82) is 0 Å². The van der Waals surface area contributed by atoms with Crippen LogP contribution in [0.15, 0.2) is 53.0 Å². The lowest BCUT2D eigenvalue weighted by Gasteiger charge is -2.11. The van der Waals surface area contributed by atoms with E-state index in [2.05, 4.69) is 34.1 Å². The summed E-state index contributed by atoms with van der Waals surface area (Å²) in [6.07, 6.45) is 0. The maximum Gasteiger partial charge on any atom is 0.176 e. The van der Waals surface area contributed by atoms with Crippen molar-refractivity contribution in [3.05, 3.63) is 58.6 Å². The van der Waals surface area contributed by atoms with Gasteiger partial charge in [0.1, 0.15) is 0 Å². The average molecular weight is 342 g/mol. The Labute approximate surface area is 132 Å². The quantitative estimate of drug-likeness (QED) is 0.516. The van der Waals surface area contributed by atoms with Crippen LogP contribution in [0.1, 0.15) is 10.4 Å². The minimum Gasteiger partial charge on any atom is -0.302 e. The van der Waals surface area contributed by atoms with Crippen LogP contribution in [0, 0.1) is 0 Å². The molecule has 0 heterocycles. The van der Waals surface area contributed by atoms with Gasteiger partial charge in [-0.25, -0.2) is 0 Å². The van der Waals surface area contributed by atoms with Crippen molar-refractivity contribution in [2.45, 2.75) is 0 Å². The molecule has 0 aliphatic heterocycles. The van der Waals surface area contributed by atoms with Crippen LogP contribution in [-0.2, 0) is 0 Å². The minimum atomic E-state index is 0.141. The zero-order valence-electron chi connectivity index (χ0n) is 12.1. The van der Waals surface area contributed by atoms with Crippen LogP contribution in [0.5, 0.6) is 0 Å². The van der Waals surface area contributed by atoms with Gasteiger partial charge >= 0.3 is 0 Å². The van der Waals surface area contributed by atoms with Gasteiger partial charge in [-0.15, -0.1) is 0 Å². The highest BCUT2D eigenvalue weighted by Gasteiger charge is 2.10. The zero-order valence-corrected chi connectivity index (χ0v) is 13.6. The fourth-order valence-corrected chi connectivity index (χ4v) is 3.19. The molecular formula is C18H16BrNO. The number of likely N-dealkylation sites (N-methyl/N-ethyl adjacent to an activating group) is 1. The lowest BCUT2D eigenvalue weighted by atomic mass is 9.99. The number of hydrogen-bond acceptors (Lipinski definition) is 2. The summed E-state index contributed by atoms with van der Waals surface area (Å²) in [6.45, 7) is 0.427. The number of fused-ring (bicyclic) bond motifs is 3. The van der Waals surface area contributed by atoms with Gasteiger partial charge in [-0.2, -0.15) is 0 Å². The first-order valence-electron chi connectivity index (χ1n) is 6.85. The number of nitrogens with zero attached hydrogens (tertiary/aromatic N) is 1. The Balaban J connectivity index is 2.20. The molecule has 3 aromatic rings. The Hall–Kier alpha value is -1.71. The summed E-state index contributed by atoms with van der Waals surface area (Å²) in [5.41, 5.74) is 0.757. The van der Waals surface area contributed by atoms with Crippen LogP contribution >= 0.6 is 15.9 Å². The van der Waals surface area contributed by atoms with Gasteiger partial charge in [0, 0.05) is 10.0 Å². The summed E-state index contributed by atoms with van der Waals surface area (Å²) in [5, 5.41) is 4.66. The Morgan fingerprint density at radius 1 is 1.00 bits per heavy atom. The first kappa shape index (κ1) is 14.2. The number of benzene rings is 3. The standard InChI is InChI=1S/C18H16BrNO/c1-20(2)11-18(21)13-7-8-15-14-6-4-3-5-12(14)10-17(19)16(15)9-13/h3-10H,11H2,1-2H3. The summed E-state index contributed by atoms with van der Waals surface area (Å²) in [6, 6.07) is 16.4. The molecule has 0 aliphatic rings. The summed E-state index contributed by atoms with van der Waals surface area (Å²) < 4.78 is 1.02. The summed E-state index contributed by atoms with van der Waals surface area (Å²) in [7, 11) is 3.81. The van der Waals surface area contributed by atoms with Crippen molar-refractivity contribution in [1.82, 2.24) is 4.90 Å². The molecule has 0 atom stereocenters. The molecule has 0 saturated heterocycles. The summed E-state index contributed by atoms with van der Waals surface area (Å²) in [5.74, 6) is 0.141. The van der Waals surface area contributed by atoms with Gasteiger partial charge in [-0.3, -0.25) is 4.79 Å². The molecule has 0 bridgehead atoms. The van der Waals surface area contributed by atoms with Gasteiger partial charge in [0.25, 0.3) is 0 Å². The lowest BCUT2D eigenvalue weighted by Crippen LogP contribution is -2.21. The SMILES string of the molecule is CN(C)CC(=O)c1ccc2c(c1)c(Br)cc1ccccc12. The van der Waals surface area contributed by atoms with Crippen molar-refractivity contribution in [3.8, 4) is 0 Å². The molecule has 3 rings (SSSR count).